The van der Waals surface area contributed by atoms with Gasteiger partial charge in [0.2, 0.25) is 5.91 Å². The van der Waals surface area contributed by atoms with E-state index in [4.69, 9.17) is 0 Å². The Labute approximate surface area is 130 Å². The van der Waals surface area contributed by atoms with Crippen molar-refractivity contribution in [2.24, 2.45) is 5.92 Å². The van der Waals surface area contributed by atoms with Crippen LogP contribution in [-0.2, 0) is 10.5 Å². The number of thioether (sulfide) groups is 1. The van der Waals surface area contributed by atoms with Crippen LogP contribution in [0.4, 0.5) is 4.39 Å². The lowest BCUT2D eigenvalue weighted by Crippen LogP contribution is -2.35. The number of nitrogens with one attached hydrogen (secondary N) is 2. The van der Waals surface area contributed by atoms with Gasteiger partial charge in [0, 0.05) is 30.5 Å². The molecule has 0 aliphatic rings. The first-order valence-corrected chi connectivity index (χ1v) is 7.54. The molecule has 0 fully saturated rings. The number of rotatable bonds is 8. The molecule has 0 spiro atoms. The van der Waals surface area contributed by atoms with E-state index in [-0.39, 0.29) is 30.0 Å². The molecule has 20 heavy (non-hydrogen) atoms. The van der Waals surface area contributed by atoms with E-state index in [9.17, 15) is 9.18 Å². The van der Waals surface area contributed by atoms with E-state index in [0.29, 0.717) is 24.4 Å². The first kappa shape index (κ1) is 19.2. The highest BCUT2D eigenvalue weighted by Crippen LogP contribution is 2.14. The summed E-state index contributed by atoms with van der Waals surface area (Å²) in [6, 6.07) is 6.78. The van der Waals surface area contributed by atoms with Gasteiger partial charge in [0.25, 0.3) is 0 Å². The van der Waals surface area contributed by atoms with Gasteiger partial charge in [-0.2, -0.15) is 11.8 Å². The molecule has 1 aromatic carbocycles. The summed E-state index contributed by atoms with van der Waals surface area (Å²) in [6.45, 7) is 3.18. The predicted octanol–water partition coefficient (Wildman–Crippen LogP) is 2.45. The van der Waals surface area contributed by atoms with Crippen LogP contribution in [0.2, 0.25) is 0 Å². The molecule has 1 amide bonds. The van der Waals surface area contributed by atoms with Crippen LogP contribution in [-0.4, -0.2) is 31.8 Å². The van der Waals surface area contributed by atoms with Gasteiger partial charge in [-0.15, -0.1) is 12.4 Å². The second-order valence-corrected chi connectivity index (χ2v) is 5.50. The van der Waals surface area contributed by atoms with Crippen LogP contribution in [0.25, 0.3) is 0 Å². The molecule has 0 heterocycles. The van der Waals surface area contributed by atoms with Crippen molar-refractivity contribution in [1.29, 1.82) is 0 Å². The molecule has 0 bridgehead atoms. The van der Waals surface area contributed by atoms with Gasteiger partial charge in [-0.1, -0.05) is 25.1 Å². The predicted molar refractivity (Wildman–Crippen MR) is 85.9 cm³/mol. The van der Waals surface area contributed by atoms with Crippen LogP contribution in [0, 0.1) is 11.7 Å². The Morgan fingerprint density at radius 1 is 1.40 bits per heavy atom. The van der Waals surface area contributed by atoms with Gasteiger partial charge < -0.3 is 10.6 Å². The third-order valence-corrected chi connectivity index (χ3v) is 3.73. The molecule has 1 atom stereocenters. The summed E-state index contributed by atoms with van der Waals surface area (Å²) >= 11 is 1.62. The lowest BCUT2D eigenvalue weighted by atomic mass is 10.1. The number of halogens is 2. The van der Waals surface area contributed by atoms with Crippen molar-refractivity contribution in [2.75, 3.05) is 25.9 Å². The van der Waals surface area contributed by atoms with Crippen molar-refractivity contribution < 1.29 is 9.18 Å². The van der Waals surface area contributed by atoms with Gasteiger partial charge in [-0.25, -0.2) is 4.39 Å². The van der Waals surface area contributed by atoms with E-state index in [1.807, 2.05) is 20.0 Å². The molecule has 0 saturated carbocycles. The minimum Gasteiger partial charge on any atom is -0.355 e. The standard InChI is InChI=1S/C14H21FN2OS.ClH/c1-11(9-16-2)14(18)17-7-8-19-10-12-5-3-4-6-13(12)15;/h3-6,11,16H,7-10H2,1-2H3,(H,17,18);1H. The van der Waals surface area contributed by atoms with Gasteiger partial charge in [-0.3, -0.25) is 4.79 Å². The molecule has 0 radical (unpaired) electrons. The Bertz CT molecular complexity index is 407. The zero-order valence-corrected chi connectivity index (χ0v) is 13.5. The zero-order valence-electron chi connectivity index (χ0n) is 11.8. The molecular weight excluding hydrogens is 299 g/mol. The molecular formula is C14H22ClFN2OS. The summed E-state index contributed by atoms with van der Waals surface area (Å²) in [5.41, 5.74) is 0.711. The van der Waals surface area contributed by atoms with Crippen LogP contribution in [0.15, 0.2) is 24.3 Å². The van der Waals surface area contributed by atoms with E-state index in [0.717, 1.165) is 5.75 Å². The van der Waals surface area contributed by atoms with Crippen molar-refractivity contribution >= 4 is 30.1 Å². The third-order valence-electron chi connectivity index (χ3n) is 2.72. The van der Waals surface area contributed by atoms with E-state index in [1.54, 1.807) is 23.9 Å². The Morgan fingerprint density at radius 2 is 2.10 bits per heavy atom. The smallest absolute Gasteiger partial charge is 0.224 e. The second-order valence-electron chi connectivity index (χ2n) is 4.39. The van der Waals surface area contributed by atoms with Crippen molar-refractivity contribution in [1.82, 2.24) is 10.6 Å². The lowest BCUT2D eigenvalue weighted by molar-refractivity contribution is -0.124. The maximum atomic E-state index is 13.3. The largest absolute Gasteiger partial charge is 0.355 e. The number of carbonyl (C=O) groups is 1. The fourth-order valence-electron chi connectivity index (χ4n) is 1.62. The first-order chi connectivity index (χ1) is 9.15. The molecule has 1 rings (SSSR count). The number of amides is 1. The Kier molecular flexibility index (Phi) is 10.5. The minimum atomic E-state index is -0.165. The van der Waals surface area contributed by atoms with Crippen molar-refractivity contribution in [3.8, 4) is 0 Å². The molecule has 6 heteroatoms. The quantitative estimate of drug-likeness (QED) is 0.723. The topological polar surface area (TPSA) is 41.1 Å². The summed E-state index contributed by atoms with van der Waals surface area (Å²) in [4.78, 5) is 11.6. The molecule has 1 aromatic rings. The fourth-order valence-corrected chi connectivity index (χ4v) is 2.46. The normalized spacial score (nSPS) is 11.6. The number of hydrogen-bond donors (Lipinski definition) is 2. The lowest BCUT2D eigenvalue weighted by Gasteiger charge is -2.11. The Morgan fingerprint density at radius 3 is 2.75 bits per heavy atom. The Hall–Kier alpha value is -0.780. The highest BCUT2D eigenvalue weighted by atomic mass is 35.5. The SMILES string of the molecule is CNCC(C)C(=O)NCCSCc1ccccc1F.Cl. The number of benzene rings is 1. The van der Waals surface area contributed by atoms with Gasteiger partial charge in [0.05, 0.1) is 0 Å². The minimum absolute atomic E-state index is 0. The summed E-state index contributed by atoms with van der Waals surface area (Å²) in [5, 5.41) is 5.84. The summed E-state index contributed by atoms with van der Waals surface area (Å²) in [5.74, 6) is 1.28. The van der Waals surface area contributed by atoms with Crippen LogP contribution in [0.5, 0.6) is 0 Å². The zero-order chi connectivity index (χ0) is 14.1. The highest BCUT2D eigenvalue weighted by molar-refractivity contribution is 7.98. The van der Waals surface area contributed by atoms with Crippen LogP contribution < -0.4 is 10.6 Å². The third kappa shape index (κ3) is 7.12. The molecule has 1 unspecified atom stereocenters. The Balaban J connectivity index is 0.00000361. The fraction of sp³-hybridized carbons (Fsp3) is 0.500. The maximum Gasteiger partial charge on any atom is 0.224 e. The molecule has 0 aromatic heterocycles. The second kappa shape index (κ2) is 10.9. The van der Waals surface area contributed by atoms with Crippen molar-refractivity contribution in [2.45, 2.75) is 12.7 Å². The molecule has 3 nitrogen and oxygen atoms in total. The molecule has 0 aliphatic heterocycles. The van der Waals surface area contributed by atoms with E-state index in [2.05, 4.69) is 10.6 Å². The van der Waals surface area contributed by atoms with Gasteiger partial charge in [0.1, 0.15) is 5.82 Å². The van der Waals surface area contributed by atoms with Gasteiger partial charge in [-0.05, 0) is 18.7 Å². The van der Waals surface area contributed by atoms with Crippen LogP contribution in [0.1, 0.15) is 12.5 Å². The molecule has 114 valence electrons. The van der Waals surface area contributed by atoms with Crippen molar-refractivity contribution in [3.63, 3.8) is 0 Å². The molecule has 0 saturated heterocycles. The number of carbonyl (C=O) groups excluding carboxylic acids is 1. The van der Waals surface area contributed by atoms with E-state index < -0.39 is 0 Å². The summed E-state index contributed by atoms with van der Waals surface area (Å²) < 4.78 is 13.3. The maximum absolute atomic E-state index is 13.3. The number of hydrogen-bond acceptors (Lipinski definition) is 3. The average Bonchev–Trinajstić information content (AvgIpc) is 2.40. The molecule has 2 N–H and O–H groups in total. The van der Waals surface area contributed by atoms with E-state index in [1.165, 1.54) is 6.07 Å². The summed E-state index contributed by atoms with van der Waals surface area (Å²) in [7, 11) is 1.83. The van der Waals surface area contributed by atoms with Gasteiger partial charge in [0.15, 0.2) is 0 Å². The first-order valence-electron chi connectivity index (χ1n) is 6.38. The molecule has 0 aliphatic carbocycles. The highest BCUT2D eigenvalue weighted by Gasteiger charge is 2.10. The van der Waals surface area contributed by atoms with E-state index >= 15 is 0 Å². The van der Waals surface area contributed by atoms with Crippen molar-refractivity contribution in [3.05, 3.63) is 35.6 Å². The van der Waals surface area contributed by atoms with Crippen LogP contribution in [0.3, 0.4) is 0 Å². The summed E-state index contributed by atoms with van der Waals surface area (Å²) in [6.07, 6.45) is 0. The van der Waals surface area contributed by atoms with Gasteiger partial charge >= 0.3 is 0 Å². The average molecular weight is 321 g/mol. The van der Waals surface area contributed by atoms with Crippen LogP contribution >= 0.6 is 24.2 Å². The monoisotopic (exact) mass is 320 g/mol.